The number of aromatic nitrogens is 2. The van der Waals surface area contributed by atoms with Gasteiger partial charge in [-0.2, -0.15) is 4.98 Å². The maximum absolute atomic E-state index is 5.18. The molecule has 0 bridgehead atoms. The van der Waals surface area contributed by atoms with Gasteiger partial charge >= 0.3 is 0 Å². The lowest BCUT2D eigenvalue weighted by molar-refractivity contribution is 0.358. The van der Waals surface area contributed by atoms with Crippen molar-refractivity contribution in [2.45, 2.75) is 45.1 Å². The summed E-state index contributed by atoms with van der Waals surface area (Å²) in [4.78, 5) is 4.38. The van der Waals surface area contributed by atoms with Crippen LogP contribution in [0.3, 0.4) is 0 Å². The summed E-state index contributed by atoms with van der Waals surface area (Å²) in [5.74, 6) is 2.26. The minimum atomic E-state index is 0.410. The van der Waals surface area contributed by atoms with Crippen LogP contribution in [-0.4, -0.2) is 22.7 Å². The fourth-order valence-corrected chi connectivity index (χ4v) is 1.54. The quantitative estimate of drug-likeness (QED) is 0.773. The Labute approximate surface area is 84.1 Å². The largest absolute Gasteiger partial charge is 0.339 e. The van der Waals surface area contributed by atoms with Crippen LogP contribution >= 0.6 is 0 Å². The van der Waals surface area contributed by atoms with Crippen molar-refractivity contribution >= 4 is 0 Å². The first-order chi connectivity index (χ1) is 6.79. The fourth-order valence-electron chi connectivity index (χ4n) is 1.54. The van der Waals surface area contributed by atoms with Gasteiger partial charge in [-0.1, -0.05) is 12.1 Å². The van der Waals surface area contributed by atoms with Gasteiger partial charge in [-0.3, -0.25) is 0 Å². The summed E-state index contributed by atoms with van der Waals surface area (Å²) < 4.78 is 5.18. The summed E-state index contributed by atoms with van der Waals surface area (Å²) in [5, 5.41) is 7.30. The number of likely N-dealkylation sites (N-methyl/N-ethyl adjacent to an activating group) is 1. The zero-order chi connectivity index (χ0) is 9.97. The highest BCUT2D eigenvalue weighted by molar-refractivity contribution is 5.03. The average molecular weight is 195 g/mol. The molecule has 1 aliphatic carbocycles. The molecular weight excluding hydrogens is 178 g/mol. The van der Waals surface area contributed by atoms with Gasteiger partial charge in [0.15, 0.2) is 5.82 Å². The summed E-state index contributed by atoms with van der Waals surface area (Å²) in [7, 11) is 0. The standard InChI is InChI=1S/C10H17N3O/c1-3-11-7(2)6-9-12-10(13-14-9)8-4-5-8/h7-8,11H,3-6H2,1-2H3/t7-/m1/s1. The van der Waals surface area contributed by atoms with Gasteiger partial charge in [0.2, 0.25) is 5.89 Å². The Bertz CT molecular complexity index is 293. The molecule has 1 fully saturated rings. The predicted octanol–water partition coefficient (Wildman–Crippen LogP) is 1.49. The second kappa shape index (κ2) is 4.09. The molecule has 4 nitrogen and oxygen atoms in total. The van der Waals surface area contributed by atoms with Crippen LogP contribution in [-0.2, 0) is 6.42 Å². The van der Waals surface area contributed by atoms with Gasteiger partial charge in [0.1, 0.15) is 0 Å². The van der Waals surface area contributed by atoms with E-state index in [2.05, 4.69) is 29.3 Å². The molecule has 2 rings (SSSR count). The summed E-state index contributed by atoms with van der Waals surface area (Å²) in [6, 6.07) is 0.410. The van der Waals surface area contributed by atoms with Crippen molar-refractivity contribution in [1.29, 1.82) is 0 Å². The SMILES string of the molecule is CCN[C@H](C)Cc1nc(C2CC2)no1. The van der Waals surface area contributed by atoms with Gasteiger partial charge in [0.25, 0.3) is 0 Å². The molecule has 0 unspecified atom stereocenters. The first-order valence-electron chi connectivity index (χ1n) is 5.35. The Kier molecular flexibility index (Phi) is 2.82. The Morgan fingerprint density at radius 1 is 1.57 bits per heavy atom. The Morgan fingerprint density at radius 2 is 2.36 bits per heavy atom. The summed E-state index contributed by atoms with van der Waals surface area (Å²) in [6.07, 6.45) is 3.27. The molecule has 1 saturated carbocycles. The first kappa shape index (κ1) is 9.65. The molecular formula is C10H17N3O. The molecule has 14 heavy (non-hydrogen) atoms. The van der Waals surface area contributed by atoms with E-state index in [1.54, 1.807) is 0 Å². The van der Waals surface area contributed by atoms with Crippen LogP contribution in [0.5, 0.6) is 0 Å². The van der Waals surface area contributed by atoms with Gasteiger partial charge in [-0.15, -0.1) is 0 Å². The third-order valence-electron chi connectivity index (χ3n) is 2.46. The zero-order valence-electron chi connectivity index (χ0n) is 8.79. The molecule has 1 aliphatic rings. The molecule has 1 aromatic heterocycles. The van der Waals surface area contributed by atoms with Gasteiger partial charge in [0.05, 0.1) is 0 Å². The van der Waals surface area contributed by atoms with Crippen LogP contribution in [0.2, 0.25) is 0 Å². The number of nitrogens with one attached hydrogen (secondary N) is 1. The molecule has 78 valence electrons. The molecule has 1 heterocycles. The topological polar surface area (TPSA) is 51.0 Å². The van der Waals surface area contributed by atoms with Crippen molar-refractivity contribution in [3.63, 3.8) is 0 Å². The van der Waals surface area contributed by atoms with E-state index in [9.17, 15) is 0 Å². The minimum absolute atomic E-state index is 0.410. The molecule has 1 N–H and O–H groups in total. The number of hydrogen-bond acceptors (Lipinski definition) is 4. The molecule has 1 aromatic rings. The maximum atomic E-state index is 5.18. The smallest absolute Gasteiger partial charge is 0.228 e. The van der Waals surface area contributed by atoms with Crippen LogP contribution < -0.4 is 5.32 Å². The average Bonchev–Trinajstić information content (AvgIpc) is 2.89. The Balaban J connectivity index is 1.88. The van der Waals surface area contributed by atoms with Crippen LogP contribution in [0.25, 0.3) is 0 Å². The minimum Gasteiger partial charge on any atom is -0.339 e. The van der Waals surface area contributed by atoms with Gasteiger partial charge in [0, 0.05) is 18.4 Å². The normalized spacial score (nSPS) is 18.4. The molecule has 0 radical (unpaired) electrons. The molecule has 1 atom stereocenters. The van der Waals surface area contributed by atoms with Crippen molar-refractivity contribution in [3.05, 3.63) is 11.7 Å². The second-order valence-electron chi connectivity index (χ2n) is 3.98. The monoisotopic (exact) mass is 195 g/mol. The number of nitrogens with zero attached hydrogens (tertiary/aromatic N) is 2. The lowest BCUT2D eigenvalue weighted by Gasteiger charge is -2.07. The van der Waals surface area contributed by atoms with E-state index >= 15 is 0 Å². The van der Waals surface area contributed by atoms with Crippen molar-refractivity contribution in [2.75, 3.05) is 6.54 Å². The zero-order valence-corrected chi connectivity index (χ0v) is 8.79. The van der Waals surface area contributed by atoms with E-state index in [0.29, 0.717) is 12.0 Å². The van der Waals surface area contributed by atoms with Crippen molar-refractivity contribution in [2.24, 2.45) is 0 Å². The van der Waals surface area contributed by atoms with Crippen LogP contribution in [0, 0.1) is 0 Å². The van der Waals surface area contributed by atoms with Gasteiger partial charge in [-0.05, 0) is 26.3 Å². The second-order valence-corrected chi connectivity index (χ2v) is 3.98. The highest BCUT2D eigenvalue weighted by Crippen LogP contribution is 2.38. The summed E-state index contributed by atoms with van der Waals surface area (Å²) in [6.45, 7) is 5.20. The van der Waals surface area contributed by atoms with Crippen LogP contribution in [0.15, 0.2) is 4.52 Å². The Hall–Kier alpha value is -0.900. The lowest BCUT2D eigenvalue weighted by atomic mass is 10.2. The van der Waals surface area contributed by atoms with E-state index in [-0.39, 0.29) is 0 Å². The third kappa shape index (κ3) is 2.32. The first-order valence-corrected chi connectivity index (χ1v) is 5.35. The van der Waals surface area contributed by atoms with E-state index in [1.165, 1.54) is 12.8 Å². The molecule has 0 saturated heterocycles. The molecule has 0 amide bonds. The number of hydrogen-bond donors (Lipinski definition) is 1. The molecule has 0 aliphatic heterocycles. The van der Waals surface area contributed by atoms with Gasteiger partial charge < -0.3 is 9.84 Å². The van der Waals surface area contributed by atoms with E-state index in [1.807, 2.05) is 0 Å². The van der Waals surface area contributed by atoms with Crippen molar-refractivity contribution < 1.29 is 4.52 Å². The fraction of sp³-hybridized carbons (Fsp3) is 0.800. The van der Waals surface area contributed by atoms with Crippen LogP contribution in [0.1, 0.15) is 44.3 Å². The third-order valence-corrected chi connectivity index (χ3v) is 2.46. The van der Waals surface area contributed by atoms with E-state index < -0.39 is 0 Å². The summed E-state index contributed by atoms with van der Waals surface area (Å²) >= 11 is 0. The van der Waals surface area contributed by atoms with Crippen molar-refractivity contribution in [3.8, 4) is 0 Å². The van der Waals surface area contributed by atoms with Crippen molar-refractivity contribution in [1.82, 2.24) is 15.5 Å². The lowest BCUT2D eigenvalue weighted by Crippen LogP contribution is -2.27. The Morgan fingerprint density at radius 3 is 3.00 bits per heavy atom. The molecule has 0 spiro atoms. The highest BCUT2D eigenvalue weighted by atomic mass is 16.5. The van der Waals surface area contributed by atoms with Crippen LogP contribution in [0.4, 0.5) is 0 Å². The van der Waals surface area contributed by atoms with E-state index in [0.717, 1.165) is 24.7 Å². The highest BCUT2D eigenvalue weighted by Gasteiger charge is 2.28. The molecule has 0 aromatic carbocycles. The summed E-state index contributed by atoms with van der Waals surface area (Å²) in [5.41, 5.74) is 0. The van der Waals surface area contributed by atoms with E-state index in [4.69, 9.17) is 4.52 Å². The predicted molar refractivity (Wildman–Crippen MR) is 53.1 cm³/mol. The van der Waals surface area contributed by atoms with Gasteiger partial charge in [-0.25, -0.2) is 0 Å². The maximum Gasteiger partial charge on any atom is 0.228 e. The number of rotatable bonds is 5. The molecule has 4 heteroatoms.